The third-order valence-corrected chi connectivity index (χ3v) is 2.71. The van der Waals surface area contributed by atoms with Crippen LogP contribution in [0.25, 0.3) is 10.9 Å². The summed E-state index contributed by atoms with van der Waals surface area (Å²) in [6.07, 6.45) is -4.56. The van der Waals surface area contributed by atoms with Crippen molar-refractivity contribution in [2.75, 3.05) is 12.4 Å². The Morgan fingerprint density at radius 2 is 1.89 bits per heavy atom. The van der Waals surface area contributed by atoms with Gasteiger partial charge in [0.15, 0.2) is 0 Å². The van der Waals surface area contributed by atoms with E-state index in [0.717, 1.165) is 6.07 Å². The quantitative estimate of drug-likeness (QED) is 0.788. The maximum Gasteiger partial charge on any atom is 0.433 e. The van der Waals surface area contributed by atoms with Gasteiger partial charge in [-0.05, 0) is 19.1 Å². The molecule has 0 aliphatic heterocycles. The van der Waals surface area contributed by atoms with Gasteiger partial charge in [0.1, 0.15) is 11.5 Å². The van der Waals surface area contributed by atoms with Crippen LogP contribution in [0.3, 0.4) is 0 Å². The van der Waals surface area contributed by atoms with E-state index in [0.29, 0.717) is 11.1 Å². The third-order valence-electron chi connectivity index (χ3n) is 2.71. The van der Waals surface area contributed by atoms with Gasteiger partial charge in [-0.1, -0.05) is 0 Å². The summed E-state index contributed by atoms with van der Waals surface area (Å²) in [5.74, 6) is -0.617. The largest absolute Gasteiger partial charge is 0.433 e. The highest BCUT2D eigenvalue weighted by Crippen LogP contribution is 2.36. The van der Waals surface area contributed by atoms with Gasteiger partial charge in [-0.3, -0.25) is 0 Å². The molecule has 1 aromatic heterocycles. The molecular weight excluding hydrogens is 248 g/mol. The number of hydrogen-bond acceptors (Lipinski definition) is 2. The fourth-order valence-corrected chi connectivity index (χ4v) is 1.93. The minimum Gasteiger partial charge on any atom is -0.387 e. The molecule has 0 spiro atoms. The molecule has 2 rings (SSSR count). The van der Waals surface area contributed by atoms with Crippen LogP contribution in [-0.4, -0.2) is 12.0 Å². The monoisotopic (exact) mass is 258 g/mol. The van der Waals surface area contributed by atoms with Crippen LogP contribution in [0.2, 0.25) is 0 Å². The lowest BCUT2D eigenvalue weighted by Crippen LogP contribution is -2.12. The number of nitrogens with zero attached hydrogens (tertiary/aromatic N) is 1. The van der Waals surface area contributed by atoms with E-state index in [1.54, 1.807) is 0 Å². The summed E-state index contributed by atoms with van der Waals surface area (Å²) in [5.41, 5.74) is -0.696. The van der Waals surface area contributed by atoms with E-state index in [1.165, 1.54) is 26.1 Å². The van der Waals surface area contributed by atoms with Gasteiger partial charge in [-0.25, -0.2) is 9.37 Å². The molecule has 0 amide bonds. The highest BCUT2D eigenvalue weighted by molar-refractivity contribution is 5.93. The molecule has 2 aromatic rings. The van der Waals surface area contributed by atoms with Gasteiger partial charge >= 0.3 is 6.18 Å². The summed E-state index contributed by atoms with van der Waals surface area (Å²) in [4.78, 5) is 3.51. The maximum absolute atomic E-state index is 13.1. The Morgan fingerprint density at radius 1 is 1.22 bits per heavy atom. The zero-order chi connectivity index (χ0) is 13.5. The molecule has 0 radical (unpaired) electrons. The first kappa shape index (κ1) is 12.6. The van der Waals surface area contributed by atoms with Gasteiger partial charge in [-0.2, -0.15) is 13.2 Å². The standard InChI is InChI=1S/C12H10F4N2/c1-6-10(17-2)8-4-3-7(13)5-9(8)18-11(6)12(14,15)16/h3-5H,1-2H3,(H,17,18). The first-order chi connectivity index (χ1) is 8.34. The molecule has 2 nitrogen and oxygen atoms in total. The second kappa shape index (κ2) is 4.12. The van der Waals surface area contributed by atoms with Crippen molar-refractivity contribution in [1.29, 1.82) is 0 Å². The van der Waals surface area contributed by atoms with Crippen molar-refractivity contribution in [2.24, 2.45) is 0 Å². The number of fused-ring (bicyclic) bond motifs is 1. The van der Waals surface area contributed by atoms with Crippen molar-refractivity contribution in [3.63, 3.8) is 0 Å². The van der Waals surface area contributed by atoms with Gasteiger partial charge in [0.05, 0.1) is 5.52 Å². The summed E-state index contributed by atoms with van der Waals surface area (Å²) in [6, 6.07) is 3.60. The molecule has 6 heteroatoms. The average molecular weight is 258 g/mol. The van der Waals surface area contributed by atoms with E-state index in [1.807, 2.05) is 0 Å². The summed E-state index contributed by atoms with van der Waals surface area (Å²) < 4.78 is 51.5. The average Bonchev–Trinajstić information content (AvgIpc) is 2.27. The number of aromatic nitrogens is 1. The second-order valence-corrected chi connectivity index (χ2v) is 3.87. The molecular formula is C12H10F4N2. The lowest BCUT2D eigenvalue weighted by atomic mass is 10.1. The lowest BCUT2D eigenvalue weighted by Gasteiger charge is -2.15. The fourth-order valence-electron chi connectivity index (χ4n) is 1.93. The molecule has 0 fully saturated rings. The predicted octanol–water partition coefficient (Wildman–Crippen LogP) is 3.74. The van der Waals surface area contributed by atoms with Crippen molar-refractivity contribution in [3.8, 4) is 0 Å². The van der Waals surface area contributed by atoms with Gasteiger partial charge in [0, 0.05) is 29.8 Å². The van der Waals surface area contributed by atoms with Crippen molar-refractivity contribution in [2.45, 2.75) is 13.1 Å². The number of anilines is 1. The number of hydrogen-bond donors (Lipinski definition) is 1. The molecule has 1 N–H and O–H groups in total. The molecule has 0 unspecified atom stereocenters. The van der Waals surface area contributed by atoms with E-state index in [-0.39, 0.29) is 11.1 Å². The number of rotatable bonds is 1. The molecule has 96 valence electrons. The Morgan fingerprint density at radius 3 is 2.44 bits per heavy atom. The molecule has 0 atom stereocenters. The van der Waals surface area contributed by atoms with Crippen LogP contribution in [0.5, 0.6) is 0 Å². The SMILES string of the molecule is CNc1c(C)c(C(F)(F)F)nc2cc(F)ccc12. The number of pyridine rings is 1. The summed E-state index contributed by atoms with van der Waals surface area (Å²) >= 11 is 0. The molecule has 0 saturated carbocycles. The van der Waals surface area contributed by atoms with Crippen molar-refractivity contribution in [1.82, 2.24) is 4.98 Å². The topological polar surface area (TPSA) is 24.9 Å². The molecule has 0 bridgehead atoms. The van der Waals surface area contributed by atoms with Crippen LogP contribution < -0.4 is 5.32 Å². The predicted molar refractivity (Wildman–Crippen MR) is 61.0 cm³/mol. The highest BCUT2D eigenvalue weighted by Gasteiger charge is 2.35. The van der Waals surface area contributed by atoms with Crippen LogP contribution in [0, 0.1) is 12.7 Å². The van der Waals surface area contributed by atoms with Crippen LogP contribution in [-0.2, 0) is 6.18 Å². The maximum atomic E-state index is 13.1. The summed E-state index contributed by atoms with van der Waals surface area (Å²) in [6.45, 7) is 1.34. The Kier molecular flexibility index (Phi) is 2.88. The Labute approximate surface area is 101 Å². The molecule has 18 heavy (non-hydrogen) atoms. The molecule has 0 aliphatic rings. The van der Waals surface area contributed by atoms with Crippen molar-refractivity contribution >= 4 is 16.6 Å². The fraction of sp³-hybridized carbons (Fsp3) is 0.250. The minimum atomic E-state index is -4.56. The first-order valence-corrected chi connectivity index (χ1v) is 5.19. The van der Waals surface area contributed by atoms with E-state index >= 15 is 0 Å². The molecule has 0 aliphatic carbocycles. The van der Waals surface area contributed by atoms with Gasteiger partial charge < -0.3 is 5.32 Å². The Balaban J connectivity index is 2.87. The number of nitrogens with one attached hydrogen (secondary N) is 1. The van der Waals surface area contributed by atoms with E-state index in [2.05, 4.69) is 10.3 Å². The zero-order valence-corrected chi connectivity index (χ0v) is 9.69. The van der Waals surface area contributed by atoms with E-state index in [4.69, 9.17) is 0 Å². The van der Waals surface area contributed by atoms with E-state index < -0.39 is 17.7 Å². The van der Waals surface area contributed by atoms with Gasteiger partial charge in [0.25, 0.3) is 0 Å². The minimum absolute atomic E-state index is 0.00380. The lowest BCUT2D eigenvalue weighted by molar-refractivity contribution is -0.141. The number of benzene rings is 1. The van der Waals surface area contributed by atoms with Crippen LogP contribution in [0.4, 0.5) is 23.2 Å². The third kappa shape index (κ3) is 1.98. The number of halogens is 4. The van der Waals surface area contributed by atoms with Crippen LogP contribution in [0.15, 0.2) is 18.2 Å². The van der Waals surface area contributed by atoms with Crippen molar-refractivity contribution in [3.05, 3.63) is 35.3 Å². The normalized spacial score (nSPS) is 11.9. The highest BCUT2D eigenvalue weighted by atomic mass is 19.4. The molecule has 1 heterocycles. The smallest absolute Gasteiger partial charge is 0.387 e. The number of alkyl halides is 3. The Bertz CT molecular complexity index is 605. The zero-order valence-electron chi connectivity index (χ0n) is 9.69. The van der Waals surface area contributed by atoms with Crippen molar-refractivity contribution < 1.29 is 17.6 Å². The van der Waals surface area contributed by atoms with Crippen LogP contribution >= 0.6 is 0 Å². The summed E-state index contributed by atoms with van der Waals surface area (Å²) in [5, 5.41) is 3.17. The van der Waals surface area contributed by atoms with Crippen LogP contribution in [0.1, 0.15) is 11.3 Å². The van der Waals surface area contributed by atoms with E-state index in [9.17, 15) is 17.6 Å². The Hall–Kier alpha value is -1.85. The molecule has 1 aromatic carbocycles. The van der Waals surface area contributed by atoms with Gasteiger partial charge in [0.2, 0.25) is 0 Å². The molecule has 0 saturated heterocycles. The second-order valence-electron chi connectivity index (χ2n) is 3.87. The van der Waals surface area contributed by atoms with Gasteiger partial charge in [-0.15, -0.1) is 0 Å². The first-order valence-electron chi connectivity index (χ1n) is 5.19. The summed E-state index contributed by atoms with van der Waals surface area (Å²) in [7, 11) is 1.52.